The molecule has 1 aliphatic rings. The molecule has 0 spiro atoms. The van der Waals surface area contributed by atoms with E-state index in [0.717, 1.165) is 17.7 Å². The van der Waals surface area contributed by atoms with Crippen molar-refractivity contribution in [2.75, 3.05) is 0 Å². The SMILES string of the molecule is O=C1CC(c2ccccc2)C1C(O)c1ccc(C(F)(F)F)cc1. The average Bonchev–Trinajstić information content (AvgIpc) is 2.52. The summed E-state index contributed by atoms with van der Waals surface area (Å²) in [6.45, 7) is 0. The molecule has 5 heteroatoms. The molecule has 1 N–H and O–H groups in total. The van der Waals surface area contributed by atoms with E-state index in [-0.39, 0.29) is 11.7 Å². The van der Waals surface area contributed by atoms with E-state index in [1.54, 1.807) is 0 Å². The Morgan fingerprint density at radius 2 is 1.61 bits per heavy atom. The number of Topliss-reactive ketones (excluding diaryl/α,β-unsaturated/α-hetero) is 1. The molecule has 1 saturated carbocycles. The van der Waals surface area contributed by atoms with Crippen molar-refractivity contribution in [2.45, 2.75) is 24.6 Å². The second kappa shape index (κ2) is 5.81. The first-order valence-electron chi connectivity index (χ1n) is 7.31. The van der Waals surface area contributed by atoms with Gasteiger partial charge in [0, 0.05) is 12.3 Å². The molecular weight excluding hydrogens is 305 g/mol. The molecule has 0 saturated heterocycles. The van der Waals surface area contributed by atoms with Crippen LogP contribution in [-0.2, 0) is 11.0 Å². The van der Waals surface area contributed by atoms with Gasteiger partial charge in [0.05, 0.1) is 17.6 Å². The fraction of sp³-hybridized carbons (Fsp3) is 0.278. The molecule has 3 unspecified atom stereocenters. The largest absolute Gasteiger partial charge is 0.416 e. The molecule has 0 aromatic heterocycles. The predicted molar refractivity (Wildman–Crippen MR) is 78.7 cm³/mol. The number of aliphatic hydroxyl groups excluding tert-OH is 1. The third kappa shape index (κ3) is 3.01. The highest BCUT2D eigenvalue weighted by Gasteiger charge is 2.45. The van der Waals surface area contributed by atoms with Crippen molar-refractivity contribution in [2.24, 2.45) is 5.92 Å². The van der Waals surface area contributed by atoms with Crippen LogP contribution in [0.15, 0.2) is 54.6 Å². The Labute approximate surface area is 131 Å². The van der Waals surface area contributed by atoms with E-state index in [1.807, 2.05) is 30.3 Å². The predicted octanol–water partition coefficient (Wildman–Crippen LogP) is 4.11. The lowest BCUT2D eigenvalue weighted by molar-refractivity contribution is -0.138. The van der Waals surface area contributed by atoms with Gasteiger partial charge >= 0.3 is 6.18 Å². The lowest BCUT2D eigenvalue weighted by Gasteiger charge is -2.38. The molecule has 2 aromatic rings. The average molecular weight is 320 g/mol. The van der Waals surface area contributed by atoms with Crippen LogP contribution in [0.4, 0.5) is 13.2 Å². The number of alkyl halides is 3. The van der Waals surface area contributed by atoms with Gasteiger partial charge in [-0.1, -0.05) is 42.5 Å². The van der Waals surface area contributed by atoms with Crippen LogP contribution >= 0.6 is 0 Å². The Balaban J connectivity index is 1.81. The van der Waals surface area contributed by atoms with E-state index in [0.29, 0.717) is 12.0 Å². The van der Waals surface area contributed by atoms with Crippen LogP contribution in [0.3, 0.4) is 0 Å². The number of carbonyl (C=O) groups is 1. The van der Waals surface area contributed by atoms with Crippen molar-refractivity contribution in [1.29, 1.82) is 0 Å². The molecule has 0 amide bonds. The summed E-state index contributed by atoms with van der Waals surface area (Å²) in [5.74, 6) is -0.763. The molecule has 2 aromatic carbocycles. The summed E-state index contributed by atoms with van der Waals surface area (Å²) < 4.78 is 37.8. The summed E-state index contributed by atoms with van der Waals surface area (Å²) in [5, 5.41) is 10.4. The van der Waals surface area contributed by atoms with E-state index in [9.17, 15) is 23.1 Å². The molecule has 3 atom stereocenters. The maximum Gasteiger partial charge on any atom is 0.416 e. The van der Waals surface area contributed by atoms with Gasteiger partial charge in [-0.3, -0.25) is 4.79 Å². The van der Waals surface area contributed by atoms with Crippen LogP contribution in [0.2, 0.25) is 0 Å². The van der Waals surface area contributed by atoms with Gasteiger partial charge < -0.3 is 5.11 Å². The molecule has 23 heavy (non-hydrogen) atoms. The topological polar surface area (TPSA) is 37.3 Å². The number of rotatable bonds is 3. The van der Waals surface area contributed by atoms with Crippen LogP contribution in [0.25, 0.3) is 0 Å². The molecule has 2 nitrogen and oxygen atoms in total. The number of hydrogen-bond donors (Lipinski definition) is 1. The molecule has 1 fully saturated rings. The maximum atomic E-state index is 12.6. The van der Waals surface area contributed by atoms with E-state index in [4.69, 9.17) is 0 Å². The Bertz CT molecular complexity index is 692. The second-order valence-corrected chi connectivity index (χ2v) is 5.78. The van der Waals surface area contributed by atoms with E-state index in [1.165, 1.54) is 12.1 Å². The Morgan fingerprint density at radius 3 is 2.13 bits per heavy atom. The quantitative estimate of drug-likeness (QED) is 0.924. The molecule has 0 radical (unpaired) electrons. The zero-order chi connectivity index (χ0) is 16.6. The highest BCUT2D eigenvalue weighted by atomic mass is 19.4. The zero-order valence-electron chi connectivity index (χ0n) is 12.1. The van der Waals surface area contributed by atoms with E-state index < -0.39 is 23.8 Å². The Kier molecular flexibility index (Phi) is 3.98. The third-order valence-electron chi connectivity index (χ3n) is 4.37. The van der Waals surface area contributed by atoms with Crippen LogP contribution in [0.1, 0.15) is 35.1 Å². The molecule has 0 heterocycles. The van der Waals surface area contributed by atoms with Crippen molar-refractivity contribution in [1.82, 2.24) is 0 Å². The standard InChI is InChI=1S/C18H15F3O2/c19-18(20,21)13-8-6-12(7-9-13)17(23)16-14(10-15(16)22)11-4-2-1-3-5-11/h1-9,14,16-17,23H,10H2. The number of aliphatic hydroxyl groups is 1. The van der Waals surface area contributed by atoms with Gasteiger partial charge in [0.15, 0.2) is 0 Å². The minimum atomic E-state index is -4.41. The molecular formula is C18H15F3O2. The summed E-state index contributed by atoms with van der Waals surface area (Å²) in [4.78, 5) is 11.9. The first-order valence-corrected chi connectivity index (χ1v) is 7.31. The highest BCUT2D eigenvalue weighted by molar-refractivity contribution is 5.90. The lowest BCUT2D eigenvalue weighted by atomic mass is 9.65. The highest BCUT2D eigenvalue weighted by Crippen LogP contribution is 2.46. The minimum absolute atomic E-state index is 0.0637. The Hall–Kier alpha value is -2.14. The van der Waals surface area contributed by atoms with Crippen LogP contribution in [0.5, 0.6) is 0 Å². The van der Waals surface area contributed by atoms with Gasteiger partial charge in [-0.15, -0.1) is 0 Å². The zero-order valence-corrected chi connectivity index (χ0v) is 12.1. The smallest absolute Gasteiger partial charge is 0.388 e. The molecule has 0 bridgehead atoms. The van der Waals surface area contributed by atoms with Gasteiger partial charge in [0.1, 0.15) is 5.78 Å². The third-order valence-corrected chi connectivity index (χ3v) is 4.37. The van der Waals surface area contributed by atoms with Crippen molar-refractivity contribution in [3.8, 4) is 0 Å². The second-order valence-electron chi connectivity index (χ2n) is 5.78. The van der Waals surface area contributed by atoms with Gasteiger partial charge in [-0.2, -0.15) is 13.2 Å². The Morgan fingerprint density at radius 1 is 1.00 bits per heavy atom. The lowest BCUT2D eigenvalue weighted by Crippen LogP contribution is -2.39. The number of hydrogen-bond acceptors (Lipinski definition) is 2. The van der Waals surface area contributed by atoms with Crippen molar-refractivity contribution in [3.05, 3.63) is 71.3 Å². The summed E-state index contributed by atoms with van der Waals surface area (Å²) in [6, 6.07) is 13.7. The van der Waals surface area contributed by atoms with Crippen LogP contribution in [-0.4, -0.2) is 10.9 Å². The molecule has 3 rings (SSSR count). The number of halogens is 3. The minimum Gasteiger partial charge on any atom is -0.388 e. The van der Waals surface area contributed by atoms with Gasteiger partial charge in [0.2, 0.25) is 0 Å². The van der Waals surface area contributed by atoms with E-state index >= 15 is 0 Å². The first-order chi connectivity index (χ1) is 10.9. The first kappa shape index (κ1) is 15.7. The molecule has 0 aliphatic heterocycles. The van der Waals surface area contributed by atoms with Gasteiger partial charge in [0.25, 0.3) is 0 Å². The summed E-state index contributed by atoms with van der Waals surface area (Å²) in [6.07, 6.45) is -5.15. The summed E-state index contributed by atoms with van der Waals surface area (Å²) in [7, 11) is 0. The maximum absolute atomic E-state index is 12.6. The van der Waals surface area contributed by atoms with Crippen molar-refractivity contribution >= 4 is 5.78 Å². The number of benzene rings is 2. The summed E-state index contributed by atoms with van der Waals surface area (Å²) >= 11 is 0. The fourth-order valence-electron chi connectivity index (χ4n) is 3.04. The van der Waals surface area contributed by atoms with Crippen molar-refractivity contribution < 1.29 is 23.1 Å². The molecule has 1 aliphatic carbocycles. The number of ketones is 1. The number of carbonyl (C=O) groups excluding carboxylic acids is 1. The normalized spacial score (nSPS) is 22.5. The van der Waals surface area contributed by atoms with Crippen LogP contribution in [0, 0.1) is 5.92 Å². The van der Waals surface area contributed by atoms with Gasteiger partial charge in [-0.05, 0) is 23.3 Å². The van der Waals surface area contributed by atoms with E-state index in [2.05, 4.69) is 0 Å². The van der Waals surface area contributed by atoms with Crippen LogP contribution < -0.4 is 0 Å². The fourth-order valence-corrected chi connectivity index (χ4v) is 3.04. The summed E-state index contributed by atoms with van der Waals surface area (Å²) in [5.41, 5.74) is 0.521. The van der Waals surface area contributed by atoms with Gasteiger partial charge in [-0.25, -0.2) is 0 Å². The monoisotopic (exact) mass is 320 g/mol. The molecule has 120 valence electrons. The van der Waals surface area contributed by atoms with Crippen molar-refractivity contribution in [3.63, 3.8) is 0 Å².